The van der Waals surface area contributed by atoms with Gasteiger partial charge in [0.05, 0.1) is 31.2 Å². The lowest BCUT2D eigenvalue weighted by Gasteiger charge is -2.09. The van der Waals surface area contributed by atoms with Crippen LogP contribution in [0.4, 0.5) is 0 Å². The predicted octanol–water partition coefficient (Wildman–Crippen LogP) is 1.69. The number of aliphatic hydroxyl groups excluding tert-OH is 3. The highest BCUT2D eigenvalue weighted by Crippen LogP contribution is 2.08. The fourth-order valence-corrected chi connectivity index (χ4v) is 1.91. The smallest absolute Gasteiger partial charge is 0.0938 e. The van der Waals surface area contributed by atoms with Gasteiger partial charge in [0.15, 0.2) is 0 Å². The number of amidine groups is 1. The molecule has 0 saturated heterocycles. The Hall–Kier alpha value is -1.39. The molecule has 5 N–H and O–H groups in total. The van der Waals surface area contributed by atoms with Crippen LogP contribution in [0.2, 0.25) is 0 Å². The Morgan fingerprint density at radius 2 is 1.95 bits per heavy atom. The summed E-state index contributed by atoms with van der Waals surface area (Å²) in [5.74, 6) is 0.531. The molecule has 0 aliphatic carbocycles. The van der Waals surface area contributed by atoms with Crippen LogP contribution in [0.1, 0.15) is 44.9 Å². The van der Waals surface area contributed by atoms with Crippen molar-refractivity contribution in [2.24, 2.45) is 10.7 Å². The van der Waals surface area contributed by atoms with E-state index in [0.717, 1.165) is 12.8 Å². The van der Waals surface area contributed by atoms with Gasteiger partial charge in [-0.3, -0.25) is 4.99 Å². The van der Waals surface area contributed by atoms with Crippen LogP contribution < -0.4 is 5.73 Å². The van der Waals surface area contributed by atoms with Crippen molar-refractivity contribution < 1.29 is 15.3 Å². The normalized spacial score (nSPS) is 14.8. The number of aliphatic imine (C=N–C) groups is 1. The fourth-order valence-electron chi connectivity index (χ4n) is 1.91. The number of rotatable bonds is 13. The molecule has 0 spiro atoms. The standard InChI is InChI=1S/C17H30N2O3/c1-2-3-8-15(21)9-5-4-6-10-16(22)11-7-12-17(18)19-13-14-20/h3-5,15-16,20-22H,1,6-14H2,(H2,18,19)/b5-4+/t15?,16-/m0/s1. The molecule has 0 amide bonds. The summed E-state index contributed by atoms with van der Waals surface area (Å²) in [5, 5.41) is 28.0. The Balaban J connectivity index is 3.64. The van der Waals surface area contributed by atoms with Gasteiger partial charge in [0.25, 0.3) is 0 Å². The third-order valence-corrected chi connectivity index (χ3v) is 3.16. The zero-order valence-corrected chi connectivity index (χ0v) is 13.3. The lowest BCUT2D eigenvalue weighted by atomic mass is 10.1. The molecule has 5 heteroatoms. The van der Waals surface area contributed by atoms with Gasteiger partial charge in [0, 0.05) is 6.42 Å². The molecular weight excluding hydrogens is 280 g/mol. The van der Waals surface area contributed by atoms with Gasteiger partial charge in [0.2, 0.25) is 0 Å². The van der Waals surface area contributed by atoms with Gasteiger partial charge in [-0.1, -0.05) is 18.7 Å². The zero-order chi connectivity index (χ0) is 16.6. The number of aliphatic hydroxyl groups is 3. The van der Waals surface area contributed by atoms with Crippen LogP contribution in [0.25, 0.3) is 0 Å². The summed E-state index contributed by atoms with van der Waals surface area (Å²) >= 11 is 0. The molecule has 126 valence electrons. The molecule has 2 atom stereocenters. The Morgan fingerprint density at radius 1 is 1.18 bits per heavy atom. The van der Waals surface area contributed by atoms with Gasteiger partial charge in [-0.25, -0.2) is 0 Å². The molecular formula is C17H30N2O3. The first kappa shape index (κ1) is 20.6. The highest BCUT2D eigenvalue weighted by Gasteiger charge is 2.03. The van der Waals surface area contributed by atoms with Crippen molar-refractivity contribution in [3.63, 3.8) is 0 Å². The molecule has 0 aromatic rings. The topological polar surface area (TPSA) is 99.1 Å². The Bertz CT molecular complexity index is 374. The fraction of sp³-hybridized carbons (Fsp3) is 0.647. The summed E-state index contributed by atoms with van der Waals surface area (Å²) in [7, 11) is 0. The minimum absolute atomic E-state index is 0.00817. The van der Waals surface area contributed by atoms with Crippen LogP contribution in [0.15, 0.2) is 35.5 Å². The molecule has 0 heterocycles. The summed E-state index contributed by atoms with van der Waals surface area (Å²) in [6.45, 7) is 3.80. The van der Waals surface area contributed by atoms with Crippen LogP contribution in [-0.4, -0.2) is 46.5 Å². The first-order chi connectivity index (χ1) is 10.6. The van der Waals surface area contributed by atoms with Crippen molar-refractivity contribution in [1.82, 2.24) is 0 Å². The highest BCUT2D eigenvalue weighted by atomic mass is 16.3. The Kier molecular flexibility index (Phi) is 13.6. The number of hydrogen-bond donors (Lipinski definition) is 4. The molecule has 22 heavy (non-hydrogen) atoms. The average Bonchev–Trinajstić information content (AvgIpc) is 2.50. The monoisotopic (exact) mass is 310 g/mol. The Labute approximate surface area is 133 Å². The molecule has 0 fully saturated rings. The summed E-state index contributed by atoms with van der Waals surface area (Å²) < 4.78 is 0. The Morgan fingerprint density at radius 3 is 2.64 bits per heavy atom. The lowest BCUT2D eigenvalue weighted by molar-refractivity contribution is 0.153. The predicted molar refractivity (Wildman–Crippen MR) is 90.8 cm³/mol. The summed E-state index contributed by atoms with van der Waals surface area (Å²) in [4.78, 5) is 3.98. The number of nitrogens with two attached hydrogens (primary N) is 1. The van der Waals surface area contributed by atoms with Crippen LogP contribution in [0.3, 0.4) is 0 Å². The number of hydrogen-bond acceptors (Lipinski definition) is 4. The summed E-state index contributed by atoms with van der Waals surface area (Å²) in [6, 6.07) is 0. The molecule has 0 bridgehead atoms. The maximum absolute atomic E-state index is 9.84. The van der Waals surface area contributed by atoms with Crippen LogP contribution in [0.5, 0.6) is 0 Å². The van der Waals surface area contributed by atoms with E-state index in [1.165, 1.54) is 0 Å². The SMILES string of the molecule is C=C=CCC(O)C/C=C/CC[C@H](O)CCCC(N)=NCCO. The van der Waals surface area contributed by atoms with E-state index < -0.39 is 6.10 Å². The van der Waals surface area contributed by atoms with E-state index in [-0.39, 0.29) is 12.7 Å². The number of allylic oxidation sites excluding steroid dienone is 1. The molecule has 1 unspecified atom stereocenters. The van der Waals surface area contributed by atoms with Crippen molar-refractivity contribution in [3.8, 4) is 0 Å². The van der Waals surface area contributed by atoms with Crippen molar-refractivity contribution in [2.45, 2.75) is 57.2 Å². The molecule has 0 radical (unpaired) electrons. The van der Waals surface area contributed by atoms with E-state index in [2.05, 4.69) is 17.3 Å². The molecule has 0 aromatic heterocycles. The second-order valence-corrected chi connectivity index (χ2v) is 5.22. The highest BCUT2D eigenvalue weighted by molar-refractivity contribution is 5.80. The summed E-state index contributed by atoms with van der Waals surface area (Å²) in [5.41, 5.74) is 8.29. The third-order valence-electron chi connectivity index (χ3n) is 3.16. The maximum Gasteiger partial charge on any atom is 0.0938 e. The van der Waals surface area contributed by atoms with Crippen molar-refractivity contribution in [2.75, 3.05) is 13.2 Å². The van der Waals surface area contributed by atoms with E-state index >= 15 is 0 Å². The molecule has 0 aliphatic rings. The van der Waals surface area contributed by atoms with Gasteiger partial charge in [-0.2, -0.15) is 0 Å². The van der Waals surface area contributed by atoms with Crippen LogP contribution >= 0.6 is 0 Å². The molecule has 0 aromatic carbocycles. The maximum atomic E-state index is 9.84. The minimum Gasteiger partial charge on any atom is -0.394 e. The van der Waals surface area contributed by atoms with Crippen molar-refractivity contribution in [1.29, 1.82) is 0 Å². The average molecular weight is 310 g/mol. The largest absolute Gasteiger partial charge is 0.394 e. The van der Waals surface area contributed by atoms with Crippen LogP contribution in [0, 0.1) is 0 Å². The van der Waals surface area contributed by atoms with E-state index in [1.807, 2.05) is 12.2 Å². The molecule has 5 nitrogen and oxygen atoms in total. The number of nitrogens with zero attached hydrogens (tertiary/aromatic N) is 1. The first-order valence-corrected chi connectivity index (χ1v) is 7.85. The van der Waals surface area contributed by atoms with Gasteiger partial charge in [-0.05, 0) is 44.6 Å². The van der Waals surface area contributed by atoms with E-state index in [0.29, 0.717) is 44.5 Å². The minimum atomic E-state index is -0.392. The van der Waals surface area contributed by atoms with E-state index in [9.17, 15) is 10.2 Å². The van der Waals surface area contributed by atoms with Gasteiger partial charge < -0.3 is 21.1 Å². The zero-order valence-electron chi connectivity index (χ0n) is 13.3. The molecule has 0 aliphatic heterocycles. The summed E-state index contributed by atoms with van der Waals surface area (Å²) in [6.07, 6.45) is 9.70. The molecule has 0 rings (SSSR count). The molecule has 0 saturated carbocycles. The van der Waals surface area contributed by atoms with Gasteiger partial charge in [0.1, 0.15) is 0 Å². The van der Waals surface area contributed by atoms with E-state index in [1.54, 1.807) is 6.08 Å². The van der Waals surface area contributed by atoms with Crippen LogP contribution in [-0.2, 0) is 0 Å². The second kappa shape index (κ2) is 14.5. The van der Waals surface area contributed by atoms with E-state index in [4.69, 9.17) is 10.8 Å². The van der Waals surface area contributed by atoms with Crippen molar-refractivity contribution in [3.05, 3.63) is 30.5 Å². The second-order valence-electron chi connectivity index (χ2n) is 5.22. The lowest BCUT2D eigenvalue weighted by Crippen LogP contribution is -2.14. The first-order valence-electron chi connectivity index (χ1n) is 7.85. The quantitative estimate of drug-likeness (QED) is 0.180. The van der Waals surface area contributed by atoms with Crippen molar-refractivity contribution >= 4 is 5.84 Å². The van der Waals surface area contributed by atoms with Gasteiger partial charge >= 0.3 is 0 Å². The third kappa shape index (κ3) is 13.6. The van der Waals surface area contributed by atoms with Gasteiger partial charge in [-0.15, -0.1) is 5.73 Å².